The van der Waals surface area contributed by atoms with Crippen molar-refractivity contribution in [1.29, 1.82) is 0 Å². The summed E-state index contributed by atoms with van der Waals surface area (Å²) in [6.45, 7) is 12.9. The molecule has 4 saturated carbocycles. The molecule has 2 aromatic rings. The molecule has 0 amide bonds. The van der Waals surface area contributed by atoms with E-state index in [1.165, 1.54) is 38.5 Å². The average molecular weight is 668 g/mol. The molecule has 0 spiro atoms. The highest BCUT2D eigenvalue weighted by Crippen LogP contribution is 2.69. The first-order chi connectivity index (χ1) is 22.3. The third kappa shape index (κ3) is 7.00. The summed E-state index contributed by atoms with van der Waals surface area (Å²) in [5.74, 6) is 3.84. The number of nitrogens with zero attached hydrogens (tertiary/aromatic N) is 1. The molecule has 0 bridgehead atoms. The van der Waals surface area contributed by atoms with Gasteiger partial charge in [0, 0.05) is 42.7 Å². The largest absolute Gasteiger partial charge is 0.388 e. The zero-order valence-corrected chi connectivity index (χ0v) is 30.4. The van der Waals surface area contributed by atoms with Crippen molar-refractivity contribution in [1.82, 2.24) is 15.3 Å². The van der Waals surface area contributed by atoms with Gasteiger partial charge in [0.2, 0.25) is 0 Å². The van der Waals surface area contributed by atoms with Crippen molar-refractivity contribution < 1.29 is 17.7 Å². The highest BCUT2D eigenvalue weighted by molar-refractivity contribution is 7.85. The van der Waals surface area contributed by atoms with Gasteiger partial charge in [0.05, 0.1) is 18.0 Å². The van der Waals surface area contributed by atoms with E-state index in [9.17, 15) is 13.5 Å². The topological polar surface area (TPSA) is 104 Å². The van der Waals surface area contributed by atoms with Crippen LogP contribution in [0.2, 0.25) is 0 Å². The third-order valence-corrected chi connectivity index (χ3v) is 15.1. The number of fused-ring (bicyclic) bond motifs is 5. The Morgan fingerprint density at radius 3 is 2.55 bits per heavy atom. The predicted molar refractivity (Wildman–Crippen MR) is 188 cm³/mol. The lowest BCUT2D eigenvalue weighted by molar-refractivity contribution is -0.231. The molecule has 0 radical (unpaired) electrons. The van der Waals surface area contributed by atoms with E-state index < -0.39 is 21.8 Å². The second kappa shape index (κ2) is 13.9. The molecule has 1 aromatic carbocycles. The second-order valence-electron chi connectivity index (χ2n) is 17.0. The molecule has 0 unspecified atom stereocenters. The summed E-state index contributed by atoms with van der Waals surface area (Å²) in [7, 11) is -3.79. The van der Waals surface area contributed by atoms with Crippen LogP contribution in [0.15, 0.2) is 42.9 Å². The maximum absolute atomic E-state index is 13.2. The van der Waals surface area contributed by atoms with Crippen LogP contribution in [0.1, 0.15) is 117 Å². The zero-order valence-electron chi connectivity index (χ0n) is 29.6. The fourth-order valence-electron chi connectivity index (χ4n) is 11.5. The zero-order chi connectivity index (χ0) is 33.5. The van der Waals surface area contributed by atoms with Crippen molar-refractivity contribution >= 4 is 10.1 Å². The molecule has 8 heteroatoms. The van der Waals surface area contributed by atoms with E-state index in [1.807, 2.05) is 36.5 Å². The molecule has 0 aliphatic heterocycles. The van der Waals surface area contributed by atoms with Crippen molar-refractivity contribution in [3.05, 3.63) is 54.1 Å². The lowest BCUT2D eigenvalue weighted by Gasteiger charge is -2.66. The molecular weight excluding hydrogens is 607 g/mol. The quantitative estimate of drug-likeness (QED) is 0.190. The van der Waals surface area contributed by atoms with Crippen molar-refractivity contribution in [3.63, 3.8) is 0 Å². The smallest absolute Gasteiger partial charge is 0.271 e. The number of aromatic amines is 1. The van der Waals surface area contributed by atoms with E-state index in [2.05, 4.69) is 49.9 Å². The minimum Gasteiger partial charge on any atom is -0.388 e. The maximum Gasteiger partial charge on any atom is 0.271 e. The van der Waals surface area contributed by atoms with Gasteiger partial charge in [-0.3, -0.25) is 4.18 Å². The Morgan fingerprint density at radius 2 is 1.83 bits per heavy atom. The van der Waals surface area contributed by atoms with Gasteiger partial charge in [-0.2, -0.15) is 8.42 Å². The Kier molecular flexibility index (Phi) is 10.4. The van der Waals surface area contributed by atoms with Gasteiger partial charge >= 0.3 is 0 Å². The van der Waals surface area contributed by atoms with E-state index in [0.29, 0.717) is 36.0 Å². The second-order valence-corrected chi connectivity index (χ2v) is 18.6. The molecule has 10 atom stereocenters. The summed E-state index contributed by atoms with van der Waals surface area (Å²) in [4.78, 5) is 7.41. The summed E-state index contributed by atoms with van der Waals surface area (Å²) < 4.78 is 32.4. The molecule has 4 aliphatic carbocycles. The van der Waals surface area contributed by atoms with E-state index in [1.54, 1.807) is 6.33 Å². The maximum atomic E-state index is 13.2. The van der Waals surface area contributed by atoms with Crippen molar-refractivity contribution in [2.24, 2.45) is 46.3 Å². The summed E-state index contributed by atoms with van der Waals surface area (Å²) in [5.41, 5.74) is 0.806. The molecule has 6 rings (SSSR count). The number of hydrogen-bond donors (Lipinski definition) is 3. The van der Waals surface area contributed by atoms with Gasteiger partial charge in [-0.05, 0) is 91.4 Å². The lowest BCUT2D eigenvalue weighted by atomic mass is 9.42. The SMILES string of the molecule is CC(C)CCC[C@@H](C)[C@H]1CC[C@H]2[C@@H]3C[C@@H](NCCc4cnc[nH]4)[C@@]4(O)C[C@@H](OS(=O)(=O)Cc5ccccc5)CC[C@]4(C)[C@H]3CC[C@]12C. The average Bonchev–Trinajstić information content (AvgIpc) is 3.66. The Labute approximate surface area is 284 Å². The van der Waals surface area contributed by atoms with Crippen LogP contribution in [0.4, 0.5) is 0 Å². The number of H-pyrrole nitrogens is 1. The number of aliphatic hydroxyl groups is 1. The number of benzene rings is 1. The van der Waals surface area contributed by atoms with Crippen LogP contribution in [0.3, 0.4) is 0 Å². The van der Waals surface area contributed by atoms with Gasteiger partial charge in [0.25, 0.3) is 10.1 Å². The van der Waals surface area contributed by atoms with E-state index in [4.69, 9.17) is 4.18 Å². The standard InChI is InChI=1S/C39H61N3O4S/c1-27(2)10-9-11-28(3)33-14-15-34-32-22-36(41-21-18-30-24-40-26-42-30)39(43)23-31(46-47(44,45)25-29-12-7-6-8-13-29)16-20-38(39,5)35(32)17-19-37(33,34)4/h6-8,12-13,24,26-28,31-36,41,43H,9-11,14-23,25H2,1-5H3,(H,40,42)/t28-,31+,32+,33-,34+,35+,36-,37-,38-,39+/m1/s1. The van der Waals surface area contributed by atoms with Gasteiger partial charge in [0.15, 0.2) is 0 Å². The van der Waals surface area contributed by atoms with Crippen molar-refractivity contribution in [2.45, 2.75) is 135 Å². The first kappa shape index (κ1) is 35.1. The Hall–Kier alpha value is -1.74. The highest BCUT2D eigenvalue weighted by Gasteiger charge is 2.67. The van der Waals surface area contributed by atoms with Gasteiger partial charge < -0.3 is 15.4 Å². The van der Waals surface area contributed by atoms with Gasteiger partial charge in [-0.25, -0.2) is 4.98 Å². The molecule has 262 valence electrons. The molecule has 7 nitrogen and oxygen atoms in total. The van der Waals surface area contributed by atoms with Crippen LogP contribution in [0.25, 0.3) is 0 Å². The van der Waals surface area contributed by atoms with Crippen LogP contribution < -0.4 is 5.32 Å². The van der Waals surface area contributed by atoms with Crippen LogP contribution >= 0.6 is 0 Å². The molecule has 4 fully saturated rings. The Balaban J connectivity index is 1.22. The monoisotopic (exact) mass is 667 g/mol. The lowest BCUT2D eigenvalue weighted by Crippen LogP contribution is -2.71. The van der Waals surface area contributed by atoms with Crippen LogP contribution in [0.5, 0.6) is 0 Å². The Morgan fingerprint density at radius 1 is 1.04 bits per heavy atom. The first-order valence-corrected chi connectivity index (χ1v) is 20.3. The van der Waals surface area contributed by atoms with Gasteiger partial charge in [0.1, 0.15) is 5.75 Å². The summed E-state index contributed by atoms with van der Waals surface area (Å²) in [6, 6.07) is 9.12. The van der Waals surface area contributed by atoms with Gasteiger partial charge in [-0.1, -0.05) is 84.2 Å². The molecule has 0 saturated heterocycles. The van der Waals surface area contributed by atoms with E-state index in [-0.39, 0.29) is 17.2 Å². The summed E-state index contributed by atoms with van der Waals surface area (Å²) >= 11 is 0. The molecule has 1 aromatic heterocycles. The van der Waals surface area contributed by atoms with E-state index >= 15 is 0 Å². The highest BCUT2D eigenvalue weighted by atomic mass is 32.2. The number of hydrogen-bond acceptors (Lipinski definition) is 6. The number of imidazole rings is 1. The molecule has 47 heavy (non-hydrogen) atoms. The van der Waals surface area contributed by atoms with Crippen LogP contribution in [0, 0.1) is 46.3 Å². The summed E-state index contributed by atoms with van der Waals surface area (Å²) in [5, 5.41) is 16.8. The normalized spacial score (nSPS) is 37.7. The number of nitrogens with one attached hydrogen (secondary N) is 2. The van der Waals surface area contributed by atoms with E-state index in [0.717, 1.165) is 61.2 Å². The molecule has 1 heterocycles. The number of aromatic nitrogens is 2. The fourth-order valence-corrected chi connectivity index (χ4v) is 12.7. The fraction of sp³-hybridized carbons (Fsp3) is 0.769. The summed E-state index contributed by atoms with van der Waals surface area (Å²) in [6.07, 6.45) is 15.6. The van der Waals surface area contributed by atoms with Gasteiger partial charge in [-0.15, -0.1) is 0 Å². The predicted octanol–water partition coefficient (Wildman–Crippen LogP) is 7.67. The minimum atomic E-state index is -3.79. The van der Waals surface area contributed by atoms with Crippen molar-refractivity contribution in [2.75, 3.05) is 6.54 Å². The molecule has 4 aliphatic rings. The molecular formula is C39H61N3O4S. The number of rotatable bonds is 13. The first-order valence-electron chi connectivity index (χ1n) is 18.7. The third-order valence-electron chi connectivity index (χ3n) is 13.9. The Bertz CT molecular complexity index is 1420. The minimum absolute atomic E-state index is 0.121. The van der Waals surface area contributed by atoms with Crippen LogP contribution in [-0.2, 0) is 26.5 Å². The van der Waals surface area contributed by atoms with Crippen molar-refractivity contribution in [3.8, 4) is 0 Å². The molecule has 3 N–H and O–H groups in total. The van der Waals surface area contributed by atoms with Crippen LogP contribution in [-0.4, -0.2) is 47.8 Å².